The van der Waals surface area contributed by atoms with Crippen LogP contribution in [-0.2, 0) is 10.0 Å². The van der Waals surface area contributed by atoms with Crippen LogP contribution in [0.3, 0.4) is 0 Å². The summed E-state index contributed by atoms with van der Waals surface area (Å²) in [7, 11) is -3.54. The predicted molar refractivity (Wildman–Crippen MR) is 128 cm³/mol. The predicted octanol–water partition coefficient (Wildman–Crippen LogP) is 4.13. The minimum atomic E-state index is -3.54. The molecule has 0 radical (unpaired) electrons. The fourth-order valence-corrected chi connectivity index (χ4v) is 6.07. The monoisotopic (exact) mass is 481 g/mol. The topological polar surface area (TPSA) is 96.7 Å². The number of amides is 1. The van der Waals surface area contributed by atoms with Crippen molar-refractivity contribution in [2.75, 3.05) is 18.4 Å². The number of fused-ring (bicyclic) bond motifs is 1. The molecule has 0 spiro atoms. The third-order valence-electron chi connectivity index (χ3n) is 5.83. The SMILES string of the molecule is CC1CCN(S(=O)(=O)c2ccc(C(=O)Nc3nn4cc(-c5ccccc5)nc4s3)cc2)CC1. The number of nitrogens with zero attached hydrogens (tertiary/aromatic N) is 4. The van der Waals surface area contributed by atoms with Gasteiger partial charge in [0.05, 0.1) is 16.8 Å². The molecule has 2 aromatic carbocycles. The Labute approximate surface area is 195 Å². The van der Waals surface area contributed by atoms with Gasteiger partial charge in [-0.25, -0.2) is 17.9 Å². The number of hydrogen-bond acceptors (Lipinski definition) is 6. The van der Waals surface area contributed by atoms with Crippen LogP contribution in [0.5, 0.6) is 0 Å². The Morgan fingerprint density at radius 1 is 1.06 bits per heavy atom. The first-order chi connectivity index (χ1) is 15.9. The summed E-state index contributed by atoms with van der Waals surface area (Å²) >= 11 is 1.27. The maximum atomic E-state index is 12.9. The minimum Gasteiger partial charge on any atom is -0.296 e. The van der Waals surface area contributed by atoms with Gasteiger partial charge in [0.15, 0.2) is 0 Å². The van der Waals surface area contributed by atoms with Crippen molar-refractivity contribution in [3.8, 4) is 11.3 Å². The molecule has 0 saturated carbocycles. The molecule has 33 heavy (non-hydrogen) atoms. The average Bonchev–Trinajstić information content (AvgIpc) is 3.39. The number of nitrogens with one attached hydrogen (secondary N) is 1. The second kappa shape index (κ2) is 8.69. The van der Waals surface area contributed by atoms with E-state index in [2.05, 4.69) is 22.3 Å². The molecule has 1 aliphatic rings. The first kappa shape index (κ1) is 21.7. The van der Waals surface area contributed by atoms with Gasteiger partial charge in [-0.15, -0.1) is 5.10 Å². The van der Waals surface area contributed by atoms with E-state index in [1.165, 1.54) is 39.9 Å². The summed E-state index contributed by atoms with van der Waals surface area (Å²) in [5.41, 5.74) is 2.17. The van der Waals surface area contributed by atoms with Crippen molar-refractivity contribution in [1.82, 2.24) is 18.9 Å². The van der Waals surface area contributed by atoms with Crippen molar-refractivity contribution < 1.29 is 13.2 Å². The van der Waals surface area contributed by atoms with Crippen LogP contribution in [0.4, 0.5) is 5.13 Å². The third kappa shape index (κ3) is 4.41. The van der Waals surface area contributed by atoms with Crippen molar-refractivity contribution in [3.05, 3.63) is 66.4 Å². The lowest BCUT2D eigenvalue weighted by atomic mass is 10.0. The molecule has 1 amide bonds. The van der Waals surface area contributed by atoms with E-state index in [1.807, 2.05) is 36.5 Å². The molecule has 2 aromatic heterocycles. The normalized spacial score (nSPS) is 15.7. The Balaban J connectivity index is 1.28. The maximum Gasteiger partial charge on any atom is 0.257 e. The highest BCUT2D eigenvalue weighted by molar-refractivity contribution is 7.89. The fraction of sp³-hybridized carbons (Fsp3) is 0.261. The molecular formula is C23H23N5O3S2. The number of benzene rings is 2. The van der Waals surface area contributed by atoms with Crippen LogP contribution in [0.15, 0.2) is 65.7 Å². The summed E-state index contributed by atoms with van der Waals surface area (Å²) in [6, 6.07) is 15.8. The number of rotatable bonds is 5. The summed E-state index contributed by atoms with van der Waals surface area (Å²) in [6.45, 7) is 3.20. The van der Waals surface area contributed by atoms with E-state index in [0.717, 1.165) is 24.1 Å². The second-order valence-electron chi connectivity index (χ2n) is 8.19. The molecule has 1 aliphatic heterocycles. The molecular weight excluding hydrogens is 458 g/mol. The molecule has 170 valence electrons. The van der Waals surface area contributed by atoms with Crippen molar-refractivity contribution in [2.45, 2.75) is 24.7 Å². The zero-order valence-electron chi connectivity index (χ0n) is 18.0. The maximum absolute atomic E-state index is 12.9. The van der Waals surface area contributed by atoms with Crippen LogP contribution in [-0.4, -0.2) is 46.3 Å². The van der Waals surface area contributed by atoms with Crippen molar-refractivity contribution >= 4 is 37.4 Å². The van der Waals surface area contributed by atoms with Gasteiger partial charge in [-0.2, -0.15) is 4.31 Å². The lowest BCUT2D eigenvalue weighted by Crippen LogP contribution is -2.37. The Kier molecular flexibility index (Phi) is 5.73. The van der Waals surface area contributed by atoms with Gasteiger partial charge in [-0.1, -0.05) is 48.6 Å². The van der Waals surface area contributed by atoms with Crippen LogP contribution < -0.4 is 5.32 Å². The fourth-order valence-electron chi connectivity index (χ4n) is 3.82. The van der Waals surface area contributed by atoms with E-state index in [-0.39, 0.29) is 10.8 Å². The number of sulfonamides is 1. The number of imidazole rings is 1. The molecule has 8 nitrogen and oxygen atoms in total. The quantitative estimate of drug-likeness (QED) is 0.462. The van der Waals surface area contributed by atoms with E-state index in [9.17, 15) is 13.2 Å². The Morgan fingerprint density at radius 3 is 2.42 bits per heavy atom. The van der Waals surface area contributed by atoms with Gasteiger partial charge in [0.1, 0.15) is 0 Å². The smallest absolute Gasteiger partial charge is 0.257 e. The van der Waals surface area contributed by atoms with E-state index in [4.69, 9.17) is 0 Å². The van der Waals surface area contributed by atoms with Crippen LogP contribution in [0.1, 0.15) is 30.1 Å². The summed E-state index contributed by atoms with van der Waals surface area (Å²) in [5, 5.41) is 7.57. The largest absolute Gasteiger partial charge is 0.296 e. The van der Waals surface area contributed by atoms with Crippen LogP contribution in [0.2, 0.25) is 0 Å². The third-order valence-corrected chi connectivity index (χ3v) is 8.58. The van der Waals surface area contributed by atoms with Gasteiger partial charge in [-0.05, 0) is 43.0 Å². The number of anilines is 1. The number of piperidine rings is 1. The minimum absolute atomic E-state index is 0.203. The molecule has 10 heteroatoms. The number of carbonyl (C=O) groups excluding carboxylic acids is 1. The molecule has 0 atom stereocenters. The van der Waals surface area contributed by atoms with Crippen molar-refractivity contribution in [2.24, 2.45) is 5.92 Å². The summed E-state index contributed by atoms with van der Waals surface area (Å²) in [5.74, 6) is 0.187. The standard InChI is InChI=1S/C23H23N5O3S2/c1-16-11-13-27(14-12-16)33(30,31)19-9-7-18(8-10-19)21(29)25-22-26-28-15-20(24-23(28)32-22)17-5-3-2-4-6-17/h2-10,15-16H,11-14H2,1H3,(H,25,26,29). The highest BCUT2D eigenvalue weighted by Crippen LogP contribution is 2.26. The first-order valence-electron chi connectivity index (χ1n) is 10.7. The Bertz CT molecular complexity index is 1360. The zero-order chi connectivity index (χ0) is 23.0. The molecule has 0 aliphatic carbocycles. The zero-order valence-corrected chi connectivity index (χ0v) is 19.6. The molecule has 1 fully saturated rings. The molecule has 4 aromatic rings. The van der Waals surface area contributed by atoms with E-state index in [1.54, 1.807) is 4.52 Å². The van der Waals surface area contributed by atoms with E-state index in [0.29, 0.717) is 34.7 Å². The number of carbonyl (C=O) groups is 1. The van der Waals surface area contributed by atoms with Gasteiger partial charge >= 0.3 is 0 Å². The molecule has 0 bridgehead atoms. The van der Waals surface area contributed by atoms with Gasteiger partial charge in [0.25, 0.3) is 5.91 Å². The Morgan fingerprint density at radius 2 is 1.76 bits per heavy atom. The molecule has 0 unspecified atom stereocenters. The summed E-state index contributed by atoms with van der Waals surface area (Å²) in [6.07, 6.45) is 3.55. The van der Waals surface area contributed by atoms with Crippen molar-refractivity contribution in [1.29, 1.82) is 0 Å². The van der Waals surface area contributed by atoms with Gasteiger partial charge < -0.3 is 0 Å². The highest BCUT2D eigenvalue weighted by atomic mass is 32.2. The lowest BCUT2D eigenvalue weighted by Gasteiger charge is -2.29. The Hall–Kier alpha value is -3.08. The van der Waals surface area contributed by atoms with Crippen LogP contribution >= 0.6 is 11.3 Å². The summed E-state index contributed by atoms with van der Waals surface area (Å²) in [4.78, 5) is 18.1. The van der Waals surface area contributed by atoms with E-state index >= 15 is 0 Å². The summed E-state index contributed by atoms with van der Waals surface area (Å²) < 4.78 is 28.9. The first-order valence-corrected chi connectivity index (χ1v) is 13.0. The molecule has 5 rings (SSSR count). The van der Waals surface area contributed by atoms with Gasteiger partial charge in [0.2, 0.25) is 20.1 Å². The molecule has 1 saturated heterocycles. The van der Waals surface area contributed by atoms with E-state index < -0.39 is 10.0 Å². The average molecular weight is 482 g/mol. The van der Waals surface area contributed by atoms with Crippen molar-refractivity contribution in [3.63, 3.8) is 0 Å². The lowest BCUT2D eigenvalue weighted by molar-refractivity contribution is 0.102. The highest BCUT2D eigenvalue weighted by Gasteiger charge is 2.28. The van der Waals surface area contributed by atoms with Gasteiger partial charge in [0, 0.05) is 24.2 Å². The van der Waals surface area contributed by atoms with Crippen LogP contribution in [0.25, 0.3) is 16.2 Å². The van der Waals surface area contributed by atoms with Gasteiger partial charge in [-0.3, -0.25) is 10.1 Å². The van der Waals surface area contributed by atoms with Crippen LogP contribution in [0, 0.1) is 5.92 Å². The number of hydrogen-bond donors (Lipinski definition) is 1. The second-order valence-corrected chi connectivity index (χ2v) is 11.1. The number of aromatic nitrogens is 3. The molecule has 1 N–H and O–H groups in total. The molecule has 3 heterocycles.